The summed E-state index contributed by atoms with van der Waals surface area (Å²) in [5, 5.41) is 13.8. The van der Waals surface area contributed by atoms with E-state index in [0.29, 0.717) is 12.6 Å². The zero-order valence-corrected chi connectivity index (χ0v) is 13.6. The maximum atomic E-state index is 12.1. The Bertz CT molecular complexity index is 570. The van der Waals surface area contributed by atoms with Gasteiger partial charge in [-0.05, 0) is 32.0 Å². The third-order valence-corrected chi connectivity index (χ3v) is 4.34. The summed E-state index contributed by atoms with van der Waals surface area (Å²) in [6.45, 7) is 1.29. The van der Waals surface area contributed by atoms with Gasteiger partial charge in [-0.2, -0.15) is 0 Å². The van der Waals surface area contributed by atoms with E-state index in [4.69, 9.17) is 4.74 Å². The minimum Gasteiger partial charge on any atom is -0.490 e. The van der Waals surface area contributed by atoms with Crippen LogP contribution in [-0.2, 0) is 0 Å². The summed E-state index contributed by atoms with van der Waals surface area (Å²) in [6, 6.07) is 4.82. The highest BCUT2D eigenvalue weighted by Gasteiger charge is 2.20. The molecule has 0 atom stereocenters. The second-order valence-electron chi connectivity index (χ2n) is 5.82. The Hall–Kier alpha value is -2.15. The molecule has 0 saturated heterocycles. The van der Waals surface area contributed by atoms with Crippen LogP contribution in [0.2, 0.25) is 0 Å². The molecule has 1 saturated carbocycles. The first kappa shape index (κ1) is 17.2. The molecular weight excluding hydrogens is 298 g/mol. The molecule has 2 rings (SSSR count). The van der Waals surface area contributed by atoms with Gasteiger partial charge in [0, 0.05) is 30.8 Å². The Labute approximate surface area is 135 Å². The predicted octanol–water partition coefficient (Wildman–Crippen LogP) is 2.21. The van der Waals surface area contributed by atoms with Crippen molar-refractivity contribution in [3.05, 3.63) is 33.9 Å². The molecule has 7 heteroatoms. The van der Waals surface area contributed by atoms with E-state index < -0.39 is 4.92 Å². The van der Waals surface area contributed by atoms with Crippen LogP contribution in [0.1, 0.15) is 36.0 Å². The molecule has 0 unspecified atom stereocenters. The lowest BCUT2D eigenvalue weighted by atomic mass is 10.1. The van der Waals surface area contributed by atoms with Crippen molar-refractivity contribution in [3.8, 4) is 5.75 Å². The number of benzene rings is 1. The highest BCUT2D eigenvalue weighted by Crippen LogP contribution is 2.27. The SMILES string of the molecule is COc1ccc(C(=O)NCCN(C)C2CCCC2)cc1[N+](=O)[O-]. The number of likely N-dealkylation sites (N-methyl/N-ethyl adjacent to an activating group) is 1. The Kier molecular flexibility index (Phi) is 5.92. The van der Waals surface area contributed by atoms with E-state index in [1.807, 2.05) is 0 Å². The number of nitrogens with zero attached hydrogens (tertiary/aromatic N) is 2. The van der Waals surface area contributed by atoms with Crippen molar-refractivity contribution in [1.82, 2.24) is 10.2 Å². The smallest absolute Gasteiger partial charge is 0.311 e. The van der Waals surface area contributed by atoms with Crippen molar-refractivity contribution in [2.75, 3.05) is 27.2 Å². The van der Waals surface area contributed by atoms with Crippen LogP contribution in [0.15, 0.2) is 18.2 Å². The third-order valence-electron chi connectivity index (χ3n) is 4.34. The molecule has 0 spiro atoms. The average Bonchev–Trinajstić information content (AvgIpc) is 3.08. The lowest BCUT2D eigenvalue weighted by Crippen LogP contribution is -2.37. The number of carbonyl (C=O) groups excluding carboxylic acids is 1. The van der Waals surface area contributed by atoms with Crippen molar-refractivity contribution in [2.45, 2.75) is 31.7 Å². The average molecular weight is 321 g/mol. The quantitative estimate of drug-likeness (QED) is 0.615. The summed E-state index contributed by atoms with van der Waals surface area (Å²) in [5.74, 6) is -0.164. The van der Waals surface area contributed by atoms with Gasteiger partial charge in [-0.3, -0.25) is 14.9 Å². The van der Waals surface area contributed by atoms with Gasteiger partial charge < -0.3 is 15.0 Å². The van der Waals surface area contributed by atoms with Crippen molar-refractivity contribution >= 4 is 11.6 Å². The van der Waals surface area contributed by atoms with Crippen molar-refractivity contribution < 1.29 is 14.5 Å². The van der Waals surface area contributed by atoms with E-state index in [2.05, 4.69) is 17.3 Å². The van der Waals surface area contributed by atoms with Gasteiger partial charge in [0.05, 0.1) is 12.0 Å². The number of hydrogen-bond donors (Lipinski definition) is 1. The lowest BCUT2D eigenvalue weighted by molar-refractivity contribution is -0.385. The van der Waals surface area contributed by atoms with Crippen LogP contribution >= 0.6 is 0 Å². The predicted molar refractivity (Wildman–Crippen MR) is 86.9 cm³/mol. The molecule has 0 aliphatic heterocycles. The molecule has 1 fully saturated rings. The molecule has 0 radical (unpaired) electrons. The number of methoxy groups -OCH3 is 1. The van der Waals surface area contributed by atoms with Gasteiger partial charge in [-0.15, -0.1) is 0 Å². The summed E-state index contributed by atoms with van der Waals surface area (Å²) in [7, 11) is 3.43. The topological polar surface area (TPSA) is 84.7 Å². The van der Waals surface area contributed by atoms with Gasteiger partial charge in [0.25, 0.3) is 5.91 Å². The number of rotatable bonds is 7. The van der Waals surface area contributed by atoms with E-state index in [0.717, 1.165) is 6.54 Å². The van der Waals surface area contributed by atoms with Gasteiger partial charge in [0.1, 0.15) is 0 Å². The minimum absolute atomic E-state index is 0.146. The second kappa shape index (κ2) is 7.92. The molecule has 23 heavy (non-hydrogen) atoms. The van der Waals surface area contributed by atoms with Crippen LogP contribution in [0, 0.1) is 10.1 Å². The summed E-state index contributed by atoms with van der Waals surface area (Å²) in [4.78, 5) is 24.8. The molecule has 7 nitrogen and oxygen atoms in total. The number of nitro benzene ring substituents is 1. The first-order valence-electron chi connectivity index (χ1n) is 7.83. The number of nitrogens with one attached hydrogen (secondary N) is 1. The van der Waals surface area contributed by atoms with Gasteiger partial charge >= 0.3 is 5.69 Å². The zero-order chi connectivity index (χ0) is 16.8. The van der Waals surface area contributed by atoms with Gasteiger partial charge in [0.15, 0.2) is 5.75 Å². The fraction of sp³-hybridized carbons (Fsp3) is 0.562. The maximum absolute atomic E-state index is 12.1. The van der Waals surface area contributed by atoms with E-state index in [1.54, 1.807) is 0 Å². The standard InChI is InChI=1S/C16H23N3O4/c1-18(13-5-3-4-6-13)10-9-17-16(20)12-7-8-15(23-2)14(11-12)19(21)22/h7-8,11,13H,3-6,9-10H2,1-2H3,(H,17,20). The van der Waals surface area contributed by atoms with Gasteiger partial charge in [0.2, 0.25) is 0 Å². The van der Waals surface area contributed by atoms with E-state index in [-0.39, 0.29) is 22.9 Å². The van der Waals surface area contributed by atoms with Crippen molar-refractivity contribution in [2.24, 2.45) is 0 Å². The second-order valence-corrected chi connectivity index (χ2v) is 5.82. The molecule has 1 N–H and O–H groups in total. The molecule has 1 aliphatic rings. The fourth-order valence-corrected chi connectivity index (χ4v) is 2.95. The molecule has 126 valence electrons. The van der Waals surface area contributed by atoms with Crippen LogP contribution in [0.25, 0.3) is 0 Å². The zero-order valence-electron chi connectivity index (χ0n) is 13.6. The molecule has 0 bridgehead atoms. The highest BCUT2D eigenvalue weighted by atomic mass is 16.6. The van der Waals surface area contributed by atoms with Crippen LogP contribution in [0.3, 0.4) is 0 Å². The molecule has 0 heterocycles. The number of carbonyl (C=O) groups is 1. The summed E-state index contributed by atoms with van der Waals surface area (Å²) >= 11 is 0. The number of nitro groups is 1. The summed E-state index contributed by atoms with van der Waals surface area (Å²) < 4.78 is 4.93. The molecular formula is C16H23N3O4. The van der Waals surface area contributed by atoms with Crippen LogP contribution < -0.4 is 10.1 Å². The number of amides is 1. The lowest BCUT2D eigenvalue weighted by Gasteiger charge is -2.23. The van der Waals surface area contributed by atoms with Crippen LogP contribution in [-0.4, -0.2) is 49.0 Å². The third kappa shape index (κ3) is 4.41. The Morgan fingerprint density at radius 3 is 2.74 bits per heavy atom. The van der Waals surface area contributed by atoms with E-state index in [1.165, 1.54) is 51.0 Å². The molecule has 1 aromatic rings. The monoisotopic (exact) mass is 321 g/mol. The molecule has 1 aliphatic carbocycles. The van der Waals surface area contributed by atoms with E-state index in [9.17, 15) is 14.9 Å². The Morgan fingerprint density at radius 2 is 2.13 bits per heavy atom. The molecule has 0 aromatic heterocycles. The van der Waals surface area contributed by atoms with Crippen LogP contribution in [0.5, 0.6) is 5.75 Å². The fourth-order valence-electron chi connectivity index (χ4n) is 2.95. The minimum atomic E-state index is -0.552. The summed E-state index contributed by atoms with van der Waals surface area (Å²) in [5.41, 5.74) is 0.0595. The Balaban J connectivity index is 1.90. The van der Waals surface area contributed by atoms with Gasteiger partial charge in [-0.1, -0.05) is 12.8 Å². The first-order valence-corrected chi connectivity index (χ1v) is 7.83. The molecule has 1 aromatic carbocycles. The van der Waals surface area contributed by atoms with Crippen LogP contribution in [0.4, 0.5) is 5.69 Å². The Morgan fingerprint density at radius 1 is 1.43 bits per heavy atom. The van der Waals surface area contributed by atoms with Gasteiger partial charge in [-0.25, -0.2) is 0 Å². The molecule has 1 amide bonds. The van der Waals surface area contributed by atoms with Crippen molar-refractivity contribution in [1.29, 1.82) is 0 Å². The normalized spacial score (nSPS) is 14.9. The maximum Gasteiger partial charge on any atom is 0.311 e. The van der Waals surface area contributed by atoms with Crippen molar-refractivity contribution in [3.63, 3.8) is 0 Å². The largest absolute Gasteiger partial charge is 0.490 e. The highest BCUT2D eigenvalue weighted by molar-refractivity contribution is 5.95. The number of ether oxygens (including phenoxy) is 1. The van der Waals surface area contributed by atoms with E-state index >= 15 is 0 Å². The number of hydrogen-bond acceptors (Lipinski definition) is 5. The first-order chi connectivity index (χ1) is 11.0. The summed E-state index contributed by atoms with van der Waals surface area (Å²) in [6.07, 6.45) is 4.98.